The first-order valence-electron chi connectivity index (χ1n) is 5.84. The maximum Gasteiger partial charge on any atom is 0.291 e. The molecule has 8 nitrogen and oxygen atoms in total. The first-order chi connectivity index (χ1) is 9.94. The number of nitrogens with zero attached hydrogens (tertiary/aromatic N) is 2. The highest BCUT2D eigenvalue weighted by molar-refractivity contribution is 7.92. The van der Waals surface area contributed by atoms with Gasteiger partial charge in [0.25, 0.3) is 15.7 Å². The third-order valence-corrected chi connectivity index (χ3v) is 4.04. The highest BCUT2D eigenvalue weighted by Crippen LogP contribution is 2.28. The van der Waals surface area contributed by atoms with Gasteiger partial charge in [-0.1, -0.05) is 6.07 Å². The van der Waals surface area contributed by atoms with Crippen LogP contribution in [0.15, 0.2) is 47.5 Å². The summed E-state index contributed by atoms with van der Waals surface area (Å²) >= 11 is 0. The Morgan fingerprint density at radius 3 is 2.57 bits per heavy atom. The number of benzene rings is 1. The molecule has 110 valence electrons. The van der Waals surface area contributed by atoms with Crippen LogP contribution in [0.3, 0.4) is 0 Å². The Morgan fingerprint density at radius 1 is 1.24 bits per heavy atom. The molecule has 0 spiro atoms. The van der Waals surface area contributed by atoms with E-state index in [2.05, 4.69) is 15.0 Å². The van der Waals surface area contributed by atoms with E-state index in [1.54, 1.807) is 19.2 Å². The molecule has 0 fully saturated rings. The monoisotopic (exact) mass is 308 g/mol. The summed E-state index contributed by atoms with van der Waals surface area (Å²) in [6, 6.07) is 8.46. The largest absolute Gasteiger partial charge is 0.388 e. The molecule has 0 atom stereocenters. The van der Waals surface area contributed by atoms with E-state index >= 15 is 0 Å². The fourth-order valence-corrected chi connectivity index (χ4v) is 2.82. The van der Waals surface area contributed by atoms with E-state index in [0.717, 1.165) is 6.07 Å². The zero-order chi connectivity index (χ0) is 15.5. The molecular weight excluding hydrogens is 296 g/mol. The topological polar surface area (TPSA) is 114 Å². The molecule has 0 saturated carbocycles. The van der Waals surface area contributed by atoms with Gasteiger partial charge in [-0.05, 0) is 24.3 Å². The minimum absolute atomic E-state index is 0.0875. The van der Waals surface area contributed by atoms with Crippen molar-refractivity contribution in [3.05, 3.63) is 52.7 Å². The van der Waals surface area contributed by atoms with Gasteiger partial charge in [0, 0.05) is 25.0 Å². The maximum atomic E-state index is 12.3. The molecule has 0 aliphatic rings. The lowest BCUT2D eigenvalue weighted by atomic mass is 10.3. The average molecular weight is 308 g/mol. The fourth-order valence-electron chi connectivity index (χ4n) is 1.66. The molecule has 9 heteroatoms. The molecule has 1 aromatic heterocycles. The molecule has 1 heterocycles. The third kappa shape index (κ3) is 3.26. The van der Waals surface area contributed by atoms with E-state index in [1.807, 2.05) is 0 Å². The quantitative estimate of drug-likeness (QED) is 0.643. The van der Waals surface area contributed by atoms with Crippen molar-refractivity contribution in [1.82, 2.24) is 4.98 Å². The van der Waals surface area contributed by atoms with Gasteiger partial charge in [0.05, 0.1) is 4.92 Å². The van der Waals surface area contributed by atoms with Gasteiger partial charge in [-0.3, -0.25) is 14.8 Å². The number of anilines is 2. The van der Waals surface area contributed by atoms with Gasteiger partial charge in [0.15, 0.2) is 4.90 Å². The summed E-state index contributed by atoms with van der Waals surface area (Å²) in [5.41, 5.74) is -0.0660. The second-order valence-corrected chi connectivity index (χ2v) is 5.66. The van der Waals surface area contributed by atoms with E-state index < -0.39 is 25.5 Å². The van der Waals surface area contributed by atoms with Crippen LogP contribution >= 0.6 is 0 Å². The lowest BCUT2D eigenvalue weighted by Crippen LogP contribution is -2.15. The summed E-state index contributed by atoms with van der Waals surface area (Å²) < 4.78 is 26.7. The highest BCUT2D eigenvalue weighted by atomic mass is 32.2. The molecule has 21 heavy (non-hydrogen) atoms. The predicted molar refractivity (Wildman–Crippen MR) is 77.7 cm³/mol. The molecule has 0 amide bonds. The van der Waals surface area contributed by atoms with E-state index in [-0.39, 0.29) is 5.82 Å². The molecule has 0 bridgehead atoms. The third-order valence-electron chi connectivity index (χ3n) is 2.64. The molecule has 0 saturated heterocycles. The van der Waals surface area contributed by atoms with Crippen LogP contribution in [-0.2, 0) is 10.0 Å². The highest BCUT2D eigenvalue weighted by Gasteiger charge is 2.26. The number of nitro benzene ring substituents is 1. The number of aromatic nitrogens is 1. The zero-order valence-corrected chi connectivity index (χ0v) is 11.8. The van der Waals surface area contributed by atoms with Gasteiger partial charge in [0.1, 0.15) is 5.82 Å². The number of rotatable bonds is 5. The Bertz CT molecular complexity index is 762. The standard InChI is InChI=1S/C12H12N4O4S/c1-13-9-5-6-11(10(8-9)16(17)18)21(19,20)15-12-4-2-3-7-14-12/h2-8,13H,1H3,(H,14,15). The number of hydrogen-bond acceptors (Lipinski definition) is 6. The lowest BCUT2D eigenvalue weighted by Gasteiger charge is -2.08. The number of nitro groups is 1. The summed E-state index contributed by atoms with van der Waals surface area (Å²) in [6.07, 6.45) is 1.41. The van der Waals surface area contributed by atoms with Crippen LogP contribution in [-0.4, -0.2) is 25.4 Å². The smallest absolute Gasteiger partial charge is 0.291 e. The van der Waals surface area contributed by atoms with Gasteiger partial charge < -0.3 is 5.32 Å². The summed E-state index contributed by atoms with van der Waals surface area (Å²) in [6.45, 7) is 0. The van der Waals surface area contributed by atoms with Gasteiger partial charge in [-0.25, -0.2) is 13.4 Å². The SMILES string of the molecule is CNc1ccc(S(=O)(=O)Nc2ccccn2)c([N+](=O)[O-])c1. The van der Waals surface area contributed by atoms with Crippen molar-refractivity contribution >= 4 is 27.2 Å². The van der Waals surface area contributed by atoms with Crippen molar-refractivity contribution < 1.29 is 13.3 Å². The summed E-state index contributed by atoms with van der Waals surface area (Å²) in [5, 5.41) is 13.8. The van der Waals surface area contributed by atoms with Crippen LogP contribution < -0.4 is 10.0 Å². The van der Waals surface area contributed by atoms with Crippen LogP contribution in [0, 0.1) is 10.1 Å². The molecule has 1 aromatic carbocycles. The van der Waals surface area contributed by atoms with Crippen LogP contribution in [0.2, 0.25) is 0 Å². The second kappa shape index (κ2) is 5.75. The normalized spacial score (nSPS) is 10.9. The Kier molecular flexibility index (Phi) is 4.03. The molecular formula is C12H12N4O4S. The number of sulfonamides is 1. The van der Waals surface area contributed by atoms with Crippen molar-refractivity contribution in [2.45, 2.75) is 4.90 Å². The Hall–Kier alpha value is -2.68. The number of nitrogens with one attached hydrogen (secondary N) is 2. The first kappa shape index (κ1) is 14.7. The van der Waals surface area contributed by atoms with Crippen molar-refractivity contribution in [2.24, 2.45) is 0 Å². The Morgan fingerprint density at radius 2 is 2.00 bits per heavy atom. The van der Waals surface area contributed by atoms with Crippen LogP contribution in [0.25, 0.3) is 0 Å². The van der Waals surface area contributed by atoms with E-state index in [0.29, 0.717) is 5.69 Å². The van der Waals surface area contributed by atoms with E-state index in [1.165, 1.54) is 24.4 Å². The fraction of sp³-hybridized carbons (Fsp3) is 0.0833. The van der Waals surface area contributed by atoms with Gasteiger partial charge in [-0.2, -0.15) is 0 Å². The van der Waals surface area contributed by atoms with Crippen molar-refractivity contribution in [3.8, 4) is 0 Å². The molecule has 0 aliphatic heterocycles. The first-order valence-corrected chi connectivity index (χ1v) is 7.32. The van der Waals surface area contributed by atoms with Crippen LogP contribution in [0.5, 0.6) is 0 Å². The molecule has 0 aliphatic carbocycles. The predicted octanol–water partition coefficient (Wildman–Crippen LogP) is 1.83. The van der Waals surface area contributed by atoms with Crippen molar-refractivity contribution in [2.75, 3.05) is 17.1 Å². The van der Waals surface area contributed by atoms with Crippen LogP contribution in [0.4, 0.5) is 17.2 Å². The molecule has 0 radical (unpaired) electrons. The van der Waals surface area contributed by atoms with E-state index in [4.69, 9.17) is 0 Å². The minimum atomic E-state index is -4.10. The second-order valence-electron chi connectivity index (χ2n) is 4.01. The molecule has 2 aromatic rings. The number of hydrogen-bond donors (Lipinski definition) is 2. The van der Waals surface area contributed by atoms with Gasteiger partial charge in [-0.15, -0.1) is 0 Å². The zero-order valence-electron chi connectivity index (χ0n) is 11.0. The van der Waals surface area contributed by atoms with Crippen molar-refractivity contribution in [1.29, 1.82) is 0 Å². The summed E-state index contributed by atoms with van der Waals surface area (Å²) in [7, 11) is -2.51. The van der Waals surface area contributed by atoms with Crippen molar-refractivity contribution in [3.63, 3.8) is 0 Å². The maximum absolute atomic E-state index is 12.3. The van der Waals surface area contributed by atoms with E-state index in [9.17, 15) is 18.5 Å². The summed E-state index contributed by atoms with van der Waals surface area (Å²) in [4.78, 5) is 13.7. The van der Waals surface area contributed by atoms with Gasteiger partial charge in [0.2, 0.25) is 0 Å². The summed E-state index contributed by atoms with van der Waals surface area (Å²) in [5.74, 6) is 0.0875. The number of pyridine rings is 1. The lowest BCUT2D eigenvalue weighted by molar-refractivity contribution is -0.387. The molecule has 0 unspecified atom stereocenters. The Balaban J connectivity index is 2.47. The van der Waals surface area contributed by atoms with Crippen LogP contribution in [0.1, 0.15) is 0 Å². The minimum Gasteiger partial charge on any atom is -0.388 e. The van der Waals surface area contributed by atoms with Gasteiger partial charge >= 0.3 is 0 Å². The average Bonchev–Trinajstić information content (AvgIpc) is 2.47. The molecule has 2 N–H and O–H groups in total. The molecule has 2 rings (SSSR count). The Labute approximate surface area is 121 Å².